The molecule has 0 heterocycles. The predicted octanol–water partition coefficient (Wildman–Crippen LogP) is 4.42. The maximum Gasteiger partial charge on any atom is -0.00575 e. The van der Waals surface area contributed by atoms with Gasteiger partial charge in [0.2, 0.25) is 0 Å². The molecule has 2 aromatic carbocycles. The van der Waals surface area contributed by atoms with E-state index in [0.29, 0.717) is 0 Å². The molecule has 0 aliphatic carbocycles. The van der Waals surface area contributed by atoms with Gasteiger partial charge in [-0.3, -0.25) is 0 Å². The Morgan fingerprint density at radius 1 is 0.778 bits per heavy atom. The molecule has 0 saturated carbocycles. The van der Waals surface area contributed by atoms with Gasteiger partial charge in [-0.2, -0.15) is 0 Å². The Kier molecular flexibility index (Phi) is 4.19. The zero-order valence-electron chi connectivity index (χ0n) is 11.7. The van der Waals surface area contributed by atoms with Gasteiger partial charge in [-0.25, -0.2) is 0 Å². The van der Waals surface area contributed by atoms with Crippen molar-refractivity contribution in [2.24, 2.45) is 0 Å². The van der Waals surface area contributed by atoms with E-state index < -0.39 is 0 Å². The smallest absolute Gasteiger partial charge is 0.00575 e. The molecule has 0 aliphatic heterocycles. The van der Waals surface area contributed by atoms with Gasteiger partial charge in [0.05, 0.1) is 0 Å². The third-order valence-electron chi connectivity index (χ3n) is 3.35. The highest BCUT2D eigenvalue weighted by Gasteiger charge is 2.02. The molecule has 0 bridgehead atoms. The number of hydrogen-bond acceptors (Lipinski definition) is 0. The van der Waals surface area contributed by atoms with Crippen molar-refractivity contribution < 1.29 is 0 Å². The zero-order chi connectivity index (χ0) is 13.1. The van der Waals surface area contributed by atoms with E-state index in [4.69, 9.17) is 0 Å². The summed E-state index contributed by atoms with van der Waals surface area (Å²) >= 11 is 0. The van der Waals surface area contributed by atoms with E-state index in [-0.39, 0.29) is 0 Å². The standard InChI is InChI=1S/C17H21P/c1-12-5-7-16(14(3)9-12)11-18-17-8-6-13(2)10-15(17)4/h5-10,18H,11H2,1-4H3. The van der Waals surface area contributed by atoms with E-state index in [9.17, 15) is 0 Å². The van der Waals surface area contributed by atoms with Crippen molar-refractivity contribution in [3.8, 4) is 0 Å². The van der Waals surface area contributed by atoms with Gasteiger partial charge in [-0.15, -0.1) is 0 Å². The summed E-state index contributed by atoms with van der Waals surface area (Å²) in [6.07, 6.45) is 1.16. The molecule has 2 rings (SSSR count). The fourth-order valence-electron chi connectivity index (χ4n) is 2.25. The minimum Gasteiger partial charge on any atom is -0.0856 e. The molecule has 0 fully saturated rings. The van der Waals surface area contributed by atoms with Crippen molar-refractivity contribution in [2.75, 3.05) is 0 Å². The minimum absolute atomic E-state index is 0.870. The largest absolute Gasteiger partial charge is 0.0856 e. The monoisotopic (exact) mass is 256 g/mol. The van der Waals surface area contributed by atoms with Gasteiger partial charge < -0.3 is 0 Å². The molecule has 0 N–H and O–H groups in total. The fourth-order valence-corrected chi connectivity index (χ4v) is 3.58. The van der Waals surface area contributed by atoms with Crippen LogP contribution in [0.4, 0.5) is 0 Å². The van der Waals surface area contributed by atoms with Gasteiger partial charge >= 0.3 is 0 Å². The first kappa shape index (κ1) is 13.3. The Hall–Kier alpha value is -1.13. The average molecular weight is 256 g/mol. The van der Waals surface area contributed by atoms with E-state index in [0.717, 1.165) is 14.7 Å². The Balaban J connectivity index is 2.11. The molecule has 94 valence electrons. The van der Waals surface area contributed by atoms with E-state index in [1.807, 2.05) is 0 Å². The van der Waals surface area contributed by atoms with Crippen LogP contribution in [0.5, 0.6) is 0 Å². The van der Waals surface area contributed by atoms with Gasteiger partial charge in [0, 0.05) is 0 Å². The topological polar surface area (TPSA) is 0 Å². The highest BCUT2D eigenvalue weighted by Crippen LogP contribution is 2.23. The molecule has 0 amide bonds. The van der Waals surface area contributed by atoms with E-state index in [1.54, 1.807) is 0 Å². The Labute approximate surface area is 112 Å². The third-order valence-corrected chi connectivity index (χ3v) is 4.85. The van der Waals surface area contributed by atoms with Crippen LogP contribution in [0.3, 0.4) is 0 Å². The lowest BCUT2D eigenvalue weighted by atomic mass is 10.1. The lowest BCUT2D eigenvalue weighted by molar-refractivity contribution is 1.27. The third kappa shape index (κ3) is 3.21. The van der Waals surface area contributed by atoms with Crippen LogP contribution < -0.4 is 5.30 Å². The molecule has 1 heteroatoms. The molecule has 0 nitrogen and oxygen atoms in total. The molecule has 1 atom stereocenters. The molecule has 2 aromatic rings. The lowest BCUT2D eigenvalue weighted by Gasteiger charge is -2.09. The summed E-state index contributed by atoms with van der Waals surface area (Å²) in [7, 11) is 0.870. The molecule has 0 radical (unpaired) electrons. The molecule has 0 aliphatic rings. The maximum atomic E-state index is 2.28. The average Bonchev–Trinajstić information content (AvgIpc) is 2.30. The normalized spacial score (nSPS) is 11.3. The summed E-state index contributed by atoms with van der Waals surface area (Å²) in [5, 5.41) is 1.50. The van der Waals surface area contributed by atoms with Gasteiger partial charge in [0.1, 0.15) is 0 Å². The van der Waals surface area contributed by atoms with Crippen LogP contribution in [0.1, 0.15) is 27.8 Å². The first-order chi connectivity index (χ1) is 8.56. The second-order valence-corrected chi connectivity index (χ2v) is 6.35. The zero-order valence-corrected chi connectivity index (χ0v) is 12.7. The van der Waals surface area contributed by atoms with Crippen molar-refractivity contribution in [3.63, 3.8) is 0 Å². The number of aryl methyl sites for hydroxylation is 4. The molecule has 0 saturated heterocycles. The second kappa shape index (κ2) is 5.67. The number of hydrogen-bond donors (Lipinski definition) is 0. The maximum absolute atomic E-state index is 2.28. The molecule has 0 aromatic heterocycles. The molecule has 1 unspecified atom stereocenters. The van der Waals surface area contributed by atoms with Gasteiger partial charge in [0.15, 0.2) is 0 Å². The summed E-state index contributed by atoms with van der Waals surface area (Å²) in [5.74, 6) is 0. The second-order valence-electron chi connectivity index (χ2n) is 5.10. The first-order valence-electron chi connectivity index (χ1n) is 6.43. The van der Waals surface area contributed by atoms with Gasteiger partial charge in [0.25, 0.3) is 0 Å². The van der Waals surface area contributed by atoms with Crippen molar-refractivity contribution in [2.45, 2.75) is 33.9 Å². The quantitative estimate of drug-likeness (QED) is 0.713. The summed E-state index contributed by atoms with van der Waals surface area (Å²) in [6.45, 7) is 8.75. The van der Waals surface area contributed by atoms with Gasteiger partial charge in [-0.1, -0.05) is 56.1 Å². The summed E-state index contributed by atoms with van der Waals surface area (Å²) in [5.41, 5.74) is 7.04. The van der Waals surface area contributed by atoms with Gasteiger partial charge in [-0.05, 0) is 55.9 Å². The first-order valence-corrected chi connectivity index (χ1v) is 7.64. The molecular weight excluding hydrogens is 235 g/mol. The van der Waals surface area contributed by atoms with Crippen LogP contribution in [-0.4, -0.2) is 0 Å². The Morgan fingerprint density at radius 3 is 2.00 bits per heavy atom. The predicted molar refractivity (Wildman–Crippen MR) is 83.5 cm³/mol. The number of rotatable bonds is 3. The fraction of sp³-hybridized carbons (Fsp3) is 0.294. The summed E-state index contributed by atoms with van der Waals surface area (Å²) in [6, 6.07) is 13.6. The van der Waals surface area contributed by atoms with Crippen LogP contribution >= 0.6 is 8.58 Å². The number of benzene rings is 2. The van der Waals surface area contributed by atoms with Crippen LogP contribution in [0.2, 0.25) is 0 Å². The minimum atomic E-state index is 0.870. The van der Waals surface area contributed by atoms with Crippen LogP contribution in [0, 0.1) is 27.7 Å². The molecule has 18 heavy (non-hydrogen) atoms. The van der Waals surface area contributed by atoms with E-state index in [2.05, 4.69) is 64.1 Å². The lowest BCUT2D eigenvalue weighted by Crippen LogP contribution is -2.01. The van der Waals surface area contributed by atoms with Crippen molar-refractivity contribution >= 4 is 13.9 Å². The highest BCUT2D eigenvalue weighted by molar-refractivity contribution is 7.46. The van der Waals surface area contributed by atoms with Crippen molar-refractivity contribution in [1.82, 2.24) is 0 Å². The van der Waals surface area contributed by atoms with Crippen molar-refractivity contribution in [1.29, 1.82) is 0 Å². The summed E-state index contributed by atoms with van der Waals surface area (Å²) < 4.78 is 0. The van der Waals surface area contributed by atoms with Crippen molar-refractivity contribution in [3.05, 3.63) is 64.2 Å². The highest BCUT2D eigenvalue weighted by atomic mass is 31.1. The van der Waals surface area contributed by atoms with E-state index >= 15 is 0 Å². The molecule has 0 spiro atoms. The summed E-state index contributed by atoms with van der Waals surface area (Å²) in [4.78, 5) is 0. The van der Waals surface area contributed by atoms with Crippen LogP contribution in [0.25, 0.3) is 0 Å². The van der Waals surface area contributed by atoms with Crippen LogP contribution in [0.15, 0.2) is 36.4 Å². The van der Waals surface area contributed by atoms with E-state index in [1.165, 1.54) is 33.1 Å². The Morgan fingerprint density at radius 2 is 1.39 bits per heavy atom. The SMILES string of the molecule is Cc1ccc(CPc2ccc(C)cc2C)c(C)c1. The van der Waals surface area contributed by atoms with Crippen LogP contribution in [-0.2, 0) is 6.16 Å². The molecular formula is C17H21P. The Bertz CT molecular complexity index is 504.